The molecule has 0 unspecified atom stereocenters. The number of nitrogens with one attached hydrogen (secondary N) is 3. The van der Waals surface area contributed by atoms with Gasteiger partial charge in [-0.2, -0.15) is 5.10 Å². The summed E-state index contributed by atoms with van der Waals surface area (Å²) in [5.41, 5.74) is 14.4. The third-order valence-corrected chi connectivity index (χ3v) is 5.20. The highest BCUT2D eigenvalue weighted by Gasteiger charge is 2.22. The summed E-state index contributed by atoms with van der Waals surface area (Å²) in [7, 11) is 0. The molecule has 0 aliphatic rings. The standard InChI is InChI=1S/C24H34N4/c1-8-9-16-14-17(23(2,3)4)10-11-19(16)27-28-21-13-12-20-18(15-25-26-20)22(21)24(5,6)7/h10-15,27-28H,8-9H2,1-7H3,(H,25,26). The maximum Gasteiger partial charge on any atom is 0.0654 e. The molecule has 4 heteroatoms. The molecule has 150 valence electrons. The number of nitrogens with zero attached hydrogens (tertiary/aromatic N) is 1. The van der Waals surface area contributed by atoms with Gasteiger partial charge >= 0.3 is 0 Å². The van der Waals surface area contributed by atoms with Gasteiger partial charge in [-0.3, -0.25) is 5.10 Å². The van der Waals surface area contributed by atoms with Gasteiger partial charge in [0.05, 0.1) is 23.1 Å². The number of rotatable bonds is 5. The minimum Gasteiger partial charge on any atom is -0.301 e. The number of aryl methyl sites for hydroxylation is 1. The molecule has 0 radical (unpaired) electrons. The molecule has 0 saturated heterocycles. The maximum absolute atomic E-state index is 4.23. The molecule has 1 heterocycles. The van der Waals surface area contributed by atoms with E-state index in [-0.39, 0.29) is 10.8 Å². The Morgan fingerprint density at radius 2 is 1.57 bits per heavy atom. The number of fused-ring (bicyclic) bond motifs is 1. The molecule has 28 heavy (non-hydrogen) atoms. The lowest BCUT2D eigenvalue weighted by molar-refractivity contribution is 0.589. The van der Waals surface area contributed by atoms with E-state index in [1.165, 1.54) is 16.7 Å². The minimum absolute atomic E-state index is 0.00423. The van der Waals surface area contributed by atoms with E-state index in [1.807, 2.05) is 6.20 Å². The molecule has 3 rings (SSSR count). The van der Waals surface area contributed by atoms with Gasteiger partial charge in [0.25, 0.3) is 0 Å². The summed E-state index contributed by atoms with van der Waals surface area (Å²) in [6.45, 7) is 15.7. The van der Waals surface area contributed by atoms with E-state index in [0.29, 0.717) is 0 Å². The summed E-state index contributed by atoms with van der Waals surface area (Å²) in [6.07, 6.45) is 4.10. The van der Waals surface area contributed by atoms with Gasteiger partial charge in [0.15, 0.2) is 0 Å². The van der Waals surface area contributed by atoms with E-state index in [2.05, 4.69) is 99.8 Å². The Morgan fingerprint density at radius 3 is 2.21 bits per heavy atom. The minimum atomic E-state index is -0.00423. The number of H-pyrrole nitrogens is 1. The maximum atomic E-state index is 4.23. The van der Waals surface area contributed by atoms with Crippen molar-refractivity contribution in [2.45, 2.75) is 72.1 Å². The van der Waals surface area contributed by atoms with Crippen LogP contribution in [0, 0.1) is 0 Å². The third-order valence-electron chi connectivity index (χ3n) is 5.20. The zero-order valence-electron chi connectivity index (χ0n) is 18.3. The number of hydrogen-bond donors (Lipinski definition) is 3. The van der Waals surface area contributed by atoms with E-state index < -0.39 is 0 Å². The monoisotopic (exact) mass is 378 g/mol. The van der Waals surface area contributed by atoms with Gasteiger partial charge < -0.3 is 10.9 Å². The third kappa shape index (κ3) is 4.16. The molecule has 0 spiro atoms. The summed E-state index contributed by atoms with van der Waals surface area (Å²) in [6, 6.07) is 11.0. The first-order valence-electron chi connectivity index (χ1n) is 10.2. The van der Waals surface area contributed by atoms with Gasteiger partial charge in [-0.25, -0.2) is 0 Å². The van der Waals surface area contributed by atoms with E-state index in [9.17, 15) is 0 Å². The van der Waals surface area contributed by atoms with E-state index in [1.54, 1.807) is 0 Å². The van der Waals surface area contributed by atoms with Crippen LogP contribution in [0.1, 0.15) is 71.6 Å². The SMILES string of the molecule is CCCc1cc(C(C)(C)C)ccc1NNc1ccc2[nH]ncc2c1C(C)(C)C. The van der Waals surface area contributed by atoms with Crippen LogP contribution in [0.25, 0.3) is 10.9 Å². The van der Waals surface area contributed by atoms with Crippen LogP contribution in [0.4, 0.5) is 11.4 Å². The summed E-state index contributed by atoms with van der Waals surface area (Å²) < 4.78 is 0. The second-order valence-electron chi connectivity index (χ2n) is 9.69. The molecule has 4 nitrogen and oxygen atoms in total. The Balaban J connectivity index is 1.94. The second kappa shape index (κ2) is 7.50. The largest absolute Gasteiger partial charge is 0.301 e. The van der Waals surface area contributed by atoms with Gasteiger partial charge in [0, 0.05) is 5.39 Å². The lowest BCUT2D eigenvalue weighted by Crippen LogP contribution is -2.19. The Morgan fingerprint density at radius 1 is 0.893 bits per heavy atom. The first-order chi connectivity index (χ1) is 13.1. The van der Waals surface area contributed by atoms with Crippen LogP contribution < -0.4 is 10.9 Å². The highest BCUT2D eigenvalue weighted by Crippen LogP contribution is 2.36. The Kier molecular flexibility index (Phi) is 5.42. The van der Waals surface area contributed by atoms with E-state index in [4.69, 9.17) is 0 Å². The molecule has 0 bridgehead atoms. The molecule has 0 saturated carbocycles. The second-order valence-corrected chi connectivity index (χ2v) is 9.69. The topological polar surface area (TPSA) is 52.7 Å². The van der Waals surface area contributed by atoms with Crippen molar-refractivity contribution in [1.29, 1.82) is 0 Å². The fourth-order valence-electron chi connectivity index (χ4n) is 3.72. The fraction of sp³-hybridized carbons (Fsp3) is 0.458. The normalized spacial score (nSPS) is 12.4. The van der Waals surface area contributed by atoms with Gasteiger partial charge in [0.2, 0.25) is 0 Å². The van der Waals surface area contributed by atoms with Crippen molar-refractivity contribution in [2.24, 2.45) is 0 Å². The summed E-state index contributed by atoms with van der Waals surface area (Å²) in [5.74, 6) is 0. The average molecular weight is 379 g/mol. The summed E-state index contributed by atoms with van der Waals surface area (Å²) >= 11 is 0. The number of anilines is 2. The molecule has 0 fully saturated rings. The number of hydrogen-bond acceptors (Lipinski definition) is 3. The zero-order valence-corrected chi connectivity index (χ0v) is 18.3. The van der Waals surface area contributed by atoms with E-state index >= 15 is 0 Å². The Bertz CT molecular complexity index is 955. The van der Waals surface area contributed by atoms with Crippen LogP contribution in [0.3, 0.4) is 0 Å². The predicted octanol–water partition coefficient (Wildman–Crippen LogP) is 6.55. The quantitative estimate of drug-likeness (QED) is 0.441. The lowest BCUT2D eigenvalue weighted by Gasteiger charge is -2.26. The fourth-order valence-corrected chi connectivity index (χ4v) is 3.72. The Labute approximate surface area is 169 Å². The molecule has 0 atom stereocenters. The van der Waals surface area contributed by atoms with Crippen molar-refractivity contribution in [2.75, 3.05) is 10.9 Å². The Hall–Kier alpha value is -2.49. The number of aromatic amines is 1. The van der Waals surface area contributed by atoms with Gasteiger partial charge in [-0.1, -0.05) is 67.0 Å². The molecule has 0 aliphatic heterocycles. The predicted molar refractivity (Wildman–Crippen MR) is 121 cm³/mol. The first-order valence-corrected chi connectivity index (χ1v) is 10.2. The van der Waals surface area contributed by atoms with Gasteiger partial charge in [-0.15, -0.1) is 0 Å². The average Bonchev–Trinajstić information content (AvgIpc) is 3.06. The van der Waals surface area contributed by atoms with Crippen molar-refractivity contribution < 1.29 is 0 Å². The number of benzene rings is 2. The van der Waals surface area contributed by atoms with Crippen LogP contribution in [0.15, 0.2) is 36.5 Å². The van der Waals surface area contributed by atoms with Crippen molar-refractivity contribution in [3.63, 3.8) is 0 Å². The number of hydrazine groups is 1. The summed E-state index contributed by atoms with van der Waals surface area (Å²) in [4.78, 5) is 0. The van der Waals surface area contributed by atoms with Crippen LogP contribution in [-0.4, -0.2) is 10.2 Å². The summed E-state index contributed by atoms with van der Waals surface area (Å²) in [5, 5.41) is 8.48. The van der Waals surface area contributed by atoms with Crippen LogP contribution in [0.2, 0.25) is 0 Å². The molecular formula is C24H34N4. The highest BCUT2D eigenvalue weighted by molar-refractivity contribution is 5.88. The smallest absolute Gasteiger partial charge is 0.0654 e. The van der Waals surface area contributed by atoms with Crippen molar-refractivity contribution in [3.05, 3.63) is 53.2 Å². The molecular weight excluding hydrogens is 344 g/mol. The molecule has 3 aromatic rings. The van der Waals surface area contributed by atoms with Crippen molar-refractivity contribution in [3.8, 4) is 0 Å². The highest BCUT2D eigenvalue weighted by atomic mass is 15.4. The van der Waals surface area contributed by atoms with Crippen LogP contribution >= 0.6 is 0 Å². The molecule has 2 aromatic carbocycles. The van der Waals surface area contributed by atoms with Crippen LogP contribution in [-0.2, 0) is 17.3 Å². The molecule has 0 amide bonds. The first kappa shape index (κ1) is 20.2. The van der Waals surface area contributed by atoms with Gasteiger partial charge in [-0.05, 0) is 52.1 Å². The van der Waals surface area contributed by atoms with Gasteiger partial charge in [0.1, 0.15) is 0 Å². The van der Waals surface area contributed by atoms with Crippen LogP contribution in [0.5, 0.6) is 0 Å². The number of aromatic nitrogens is 2. The van der Waals surface area contributed by atoms with Crippen molar-refractivity contribution in [1.82, 2.24) is 10.2 Å². The van der Waals surface area contributed by atoms with Crippen molar-refractivity contribution >= 4 is 22.3 Å². The molecule has 3 N–H and O–H groups in total. The zero-order chi connectivity index (χ0) is 20.5. The molecule has 0 aliphatic carbocycles. The van der Waals surface area contributed by atoms with E-state index in [0.717, 1.165) is 35.1 Å². The molecule has 1 aromatic heterocycles. The lowest BCUT2D eigenvalue weighted by atomic mass is 9.83.